The molecule has 0 heterocycles. The predicted molar refractivity (Wildman–Crippen MR) is 64.3 cm³/mol. The second-order valence-corrected chi connectivity index (χ2v) is 3.91. The molecule has 86 valence electrons. The summed E-state index contributed by atoms with van der Waals surface area (Å²) in [6.45, 7) is 8.42. The minimum absolute atomic E-state index is 0.0802. The minimum Gasteiger partial charge on any atom is -0.306 e. The van der Waals surface area contributed by atoms with Gasteiger partial charge in [-0.15, -0.1) is 0 Å². The molecule has 0 bridgehead atoms. The molecule has 1 atom stereocenters. The summed E-state index contributed by atoms with van der Waals surface area (Å²) in [4.78, 5) is 10.2. The van der Waals surface area contributed by atoms with E-state index in [1.807, 2.05) is 19.9 Å². The van der Waals surface area contributed by atoms with Crippen LogP contribution < -0.4 is 5.32 Å². The first kappa shape index (κ1) is 12.4. The number of non-ortho nitro benzene ring substituents is 1. The summed E-state index contributed by atoms with van der Waals surface area (Å²) < 4.78 is 0. The zero-order valence-electron chi connectivity index (χ0n) is 9.56. The Morgan fingerprint density at radius 3 is 2.88 bits per heavy atom. The van der Waals surface area contributed by atoms with Crippen molar-refractivity contribution in [1.29, 1.82) is 0 Å². The van der Waals surface area contributed by atoms with Gasteiger partial charge in [-0.2, -0.15) is 0 Å². The summed E-state index contributed by atoms with van der Waals surface area (Å²) in [5.74, 6) is 0. The molecule has 1 N–H and O–H groups in total. The van der Waals surface area contributed by atoms with Crippen molar-refractivity contribution < 1.29 is 4.92 Å². The Morgan fingerprint density at radius 2 is 2.31 bits per heavy atom. The average Bonchev–Trinajstić information content (AvgIpc) is 2.26. The Hall–Kier alpha value is -1.68. The molecule has 1 aromatic carbocycles. The second kappa shape index (κ2) is 5.42. The smallest absolute Gasteiger partial charge is 0.269 e. The molecule has 0 aliphatic heterocycles. The van der Waals surface area contributed by atoms with Crippen molar-refractivity contribution in [3.05, 3.63) is 52.1 Å². The molecule has 16 heavy (non-hydrogen) atoms. The summed E-state index contributed by atoms with van der Waals surface area (Å²) in [6.07, 6.45) is 0. The Kier molecular flexibility index (Phi) is 4.19. The zero-order chi connectivity index (χ0) is 12.1. The molecule has 0 unspecified atom stereocenters. The van der Waals surface area contributed by atoms with E-state index in [1.54, 1.807) is 12.1 Å². The molecule has 4 nitrogen and oxygen atoms in total. The summed E-state index contributed by atoms with van der Waals surface area (Å²) in [7, 11) is 0. The van der Waals surface area contributed by atoms with Gasteiger partial charge in [0.25, 0.3) is 5.69 Å². The van der Waals surface area contributed by atoms with Gasteiger partial charge >= 0.3 is 0 Å². The molecule has 0 aliphatic rings. The molecule has 1 aromatic rings. The van der Waals surface area contributed by atoms with Gasteiger partial charge in [0.1, 0.15) is 0 Å². The zero-order valence-corrected chi connectivity index (χ0v) is 9.56. The van der Waals surface area contributed by atoms with E-state index in [4.69, 9.17) is 0 Å². The van der Waals surface area contributed by atoms with Crippen LogP contribution in [0.4, 0.5) is 5.69 Å². The molecular weight excluding hydrogens is 204 g/mol. The monoisotopic (exact) mass is 220 g/mol. The van der Waals surface area contributed by atoms with Gasteiger partial charge in [0.05, 0.1) is 4.92 Å². The van der Waals surface area contributed by atoms with Crippen molar-refractivity contribution in [3.63, 3.8) is 0 Å². The van der Waals surface area contributed by atoms with Gasteiger partial charge in [0.2, 0.25) is 0 Å². The lowest BCUT2D eigenvalue weighted by atomic mass is 10.1. The van der Waals surface area contributed by atoms with Gasteiger partial charge in [-0.05, 0) is 19.4 Å². The lowest BCUT2D eigenvalue weighted by molar-refractivity contribution is -0.384. The fraction of sp³-hybridized carbons (Fsp3) is 0.333. The van der Waals surface area contributed by atoms with E-state index in [0.717, 1.165) is 11.1 Å². The number of hydrogen-bond donors (Lipinski definition) is 1. The fourth-order valence-corrected chi connectivity index (χ4v) is 1.35. The fourth-order valence-electron chi connectivity index (χ4n) is 1.35. The number of nitro groups is 1. The molecule has 0 amide bonds. The van der Waals surface area contributed by atoms with Crippen molar-refractivity contribution in [2.75, 3.05) is 6.54 Å². The Bertz CT molecular complexity index is 402. The Labute approximate surface area is 95.1 Å². The van der Waals surface area contributed by atoms with E-state index in [1.165, 1.54) is 6.07 Å². The van der Waals surface area contributed by atoms with Crippen LogP contribution in [0.1, 0.15) is 25.5 Å². The van der Waals surface area contributed by atoms with E-state index in [-0.39, 0.29) is 16.7 Å². The van der Waals surface area contributed by atoms with Crippen LogP contribution >= 0.6 is 0 Å². The third-order valence-corrected chi connectivity index (χ3v) is 2.29. The van der Waals surface area contributed by atoms with Gasteiger partial charge in [-0.3, -0.25) is 10.1 Å². The molecule has 0 spiro atoms. The lowest BCUT2D eigenvalue weighted by Crippen LogP contribution is -2.20. The first-order chi connectivity index (χ1) is 7.50. The summed E-state index contributed by atoms with van der Waals surface area (Å²) in [5, 5.41) is 13.9. The topological polar surface area (TPSA) is 55.2 Å². The van der Waals surface area contributed by atoms with Crippen molar-refractivity contribution in [2.24, 2.45) is 0 Å². The average molecular weight is 220 g/mol. The molecular formula is C12H16N2O2. The van der Waals surface area contributed by atoms with Crippen molar-refractivity contribution in [2.45, 2.75) is 19.9 Å². The third-order valence-electron chi connectivity index (χ3n) is 2.29. The van der Waals surface area contributed by atoms with Crippen molar-refractivity contribution in [1.82, 2.24) is 5.32 Å². The van der Waals surface area contributed by atoms with Crippen LogP contribution in [0.3, 0.4) is 0 Å². The minimum atomic E-state index is -0.380. The van der Waals surface area contributed by atoms with E-state index < -0.39 is 0 Å². The summed E-state index contributed by atoms with van der Waals surface area (Å²) in [6, 6.07) is 6.75. The van der Waals surface area contributed by atoms with Gasteiger partial charge in [-0.1, -0.05) is 24.3 Å². The summed E-state index contributed by atoms with van der Waals surface area (Å²) >= 11 is 0. The molecule has 0 aliphatic carbocycles. The normalized spacial score (nSPS) is 12.1. The van der Waals surface area contributed by atoms with Crippen LogP contribution in [-0.2, 0) is 0 Å². The first-order valence-corrected chi connectivity index (χ1v) is 5.13. The van der Waals surface area contributed by atoms with Crippen molar-refractivity contribution >= 4 is 5.69 Å². The highest BCUT2D eigenvalue weighted by Gasteiger charge is 2.09. The van der Waals surface area contributed by atoms with Gasteiger partial charge in [0, 0.05) is 24.7 Å². The number of hydrogen-bond acceptors (Lipinski definition) is 3. The molecule has 4 heteroatoms. The van der Waals surface area contributed by atoms with Gasteiger partial charge in [-0.25, -0.2) is 0 Å². The standard InChI is InChI=1S/C12H16N2O2/c1-9(2)8-13-10(3)11-5-4-6-12(7-11)14(15)16/h4-7,10,13H,1,8H2,2-3H3/t10-/m0/s1. The molecule has 0 saturated carbocycles. The number of nitrogens with zero attached hydrogens (tertiary/aromatic N) is 1. The van der Waals surface area contributed by atoms with Crippen LogP contribution in [0.5, 0.6) is 0 Å². The van der Waals surface area contributed by atoms with Crippen LogP contribution in [-0.4, -0.2) is 11.5 Å². The largest absolute Gasteiger partial charge is 0.306 e. The summed E-state index contributed by atoms with van der Waals surface area (Å²) in [5.41, 5.74) is 2.08. The van der Waals surface area contributed by atoms with Crippen molar-refractivity contribution in [3.8, 4) is 0 Å². The van der Waals surface area contributed by atoms with E-state index in [9.17, 15) is 10.1 Å². The molecule has 0 aromatic heterocycles. The SMILES string of the molecule is C=C(C)CN[C@@H](C)c1cccc([N+](=O)[O-])c1. The molecule has 0 saturated heterocycles. The van der Waals surface area contributed by atoms with Crippen LogP contribution in [0.15, 0.2) is 36.4 Å². The Balaban J connectivity index is 2.75. The highest BCUT2D eigenvalue weighted by Crippen LogP contribution is 2.18. The maximum Gasteiger partial charge on any atom is 0.269 e. The van der Waals surface area contributed by atoms with Crippen LogP contribution in [0, 0.1) is 10.1 Å². The molecule has 1 rings (SSSR count). The second-order valence-electron chi connectivity index (χ2n) is 3.91. The quantitative estimate of drug-likeness (QED) is 0.471. The number of nitro benzene ring substituents is 1. The predicted octanol–water partition coefficient (Wildman–Crippen LogP) is 2.82. The first-order valence-electron chi connectivity index (χ1n) is 5.13. The highest BCUT2D eigenvalue weighted by molar-refractivity contribution is 5.35. The highest BCUT2D eigenvalue weighted by atomic mass is 16.6. The lowest BCUT2D eigenvalue weighted by Gasteiger charge is -2.13. The maximum atomic E-state index is 10.6. The Morgan fingerprint density at radius 1 is 1.62 bits per heavy atom. The van der Waals surface area contributed by atoms with Gasteiger partial charge < -0.3 is 5.32 Å². The molecule has 0 fully saturated rings. The number of benzene rings is 1. The van der Waals surface area contributed by atoms with Gasteiger partial charge in [0.15, 0.2) is 0 Å². The van der Waals surface area contributed by atoms with E-state index in [2.05, 4.69) is 11.9 Å². The van der Waals surface area contributed by atoms with Crippen LogP contribution in [0.2, 0.25) is 0 Å². The van der Waals surface area contributed by atoms with E-state index >= 15 is 0 Å². The van der Waals surface area contributed by atoms with Crippen LogP contribution in [0.25, 0.3) is 0 Å². The van der Waals surface area contributed by atoms with E-state index in [0.29, 0.717) is 6.54 Å². The maximum absolute atomic E-state index is 10.6. The third kappa shape index (κ3) is 3.47. The number of rotatable bonds is 5. The molecule has 0 radical (unpaired) electrons. The number of nitrogens with one attached hydrogen (secondary N) is 1.